The molecule has 0 saturated carbocycles. The molecule has 8 heteroatoms. The number of benzene rings is 1. The summed E-state index contributed by atoms with van der Waals surface area (Å²) >= 11 is 0. The lowest BCUT2D eigenvalue weighted by molar-refractivity contribution is 0.277. The molecule has 0 amide bonds. The summed E-state index contributed by atoms with van der Waals surface area (Å²) in [6, 6.07) is 7.30. The van der Waals surface area contributed by atoms with Gasteiger partial charge in [0.25, 0.3) is 0 Å². The molecule has 8 nitrogen and oxygen atoms in total. The van der Waals surface area contributed by atoms with E-state index in [1.54, 1.807) is 18.5 Å². The molecule has 2 aromatic heterocycles. The number of aliphatic hydroxyl groups excluding tert-OH is 1. The van der Waals surface area contributed by atoms with Gasteiger partial charge in [0.1, 0.15) is 11.3 Å². The van der Waals surface area contributed by atoms with Crippen LogP contribution in [0.15, 0.2) is 30.6 Å². The number of imidazole rings is 1. The normalized spacial score (nSPS) is 15.0. The zero-order chi connectivity index (χ0) is 18.1. The van der Waals surface area contributed by atoms with Gasteiger partial charge in [0.15, 0.2) is 5.65 Å². The van der Waals surface area contributed by atoms with Crippen molar-refractivity contribution in [3.05, 3.63) is 36.3 Å². The average Bonchev–Trinajstić information content (AvgIpc) is 3.06. The SMILES string of the molecule is Cc1nc(N2CCN(c3ccc(O)cc3)CC2)nc2c1ncn2CCO. The van der Waals surface area contributed by atoms with Crippen molar-refractivity contribution in [2.24, 2.45) is 0 Å². The summed E-state index contributed by atoms with van der Waals surface area (Å²) in [6.45, 7) is 5.83. The molecule has 136 valence electrons. The highest BCUT2D eigenvalue weighted by atomic mass is 16.3. The first kappa shape index (κ1) is 16.6. The Hall–Kier alpha value is -2.87. The third kappa shape index (κ3) is 3.03. The number of hydrogen-bond donors (Lipinski definition) is 2. The van der Waals surface area contributed by atoms with E-state index in [1.165, 1.54) is 0 Å². The van der Waals surface area contributed by atoms with Crippen LogP contribution in [0.4, 0.5) is 11.6 Å². The first-order valence-electron chi connectivity index (χ1n) is 8.75. The van der Waals surface area contributed by atoms with Crippen molar-refractivity contribution in [1.29, 1.82) is 0 Å². The number of phenolic OH excluding ortho intramolecular Hbond substituents is 1. The maximum absolute atomic E-state index is 9.44. The van der Waals surface area contributed by atoms with Gasteiger partial charge in [-0.05, 0) is 31.2 Å². The van der Waals surface area contributed by atoms with E-state index in [9.17, 15) is 10.2 Å². The second-order valence-corrected chi connectivity index (χ2v) is 6.43. The Kier molecular flexibility index (Phi) is 4.34. The summed E-state index contributed by atoms with van der Waals surface area (Å²) in [6.07, 6.45) is 1.70. The topological polar surface area (TPSA) is 90.5 Å². The summed E-state index contributed by atoms with van der Waals surface area (Å²) in [5, 5.41) is 18.7. The van der Waals surface area contributed by atoms with Gasteiger partial charge in [-0.3, -0.25) is 0 Å². The Morgan fingerprint density at radius 3 is 2.38 bits per heavy atom. The van der Waals surface area contributed by atoms with Gasteiger partial charge in [-0.25, -0.2) is 9.97 Å². The molecule has 0 spiro atoms. The first-order valence-corrected chi connectivity index (χ1v) is 8.75. The lowest BCUT2D eigenvalue weighted by Crippen LogP contribution is -2.47. The van der Waals surface area contributed by atoms with Gasteiger partial charge < -0.3 is 24.6 Å². The van der Waals surface area contributed by atoms with E-state index < -0.39 is 0 Å². The van der Waals surface area contributed by atoms with Gasteiger partial charge in [-0.2, -0.15) is 4.98 Å². The van der Waals surface area contributed by atoms with E-state index >= 15 is 0 Å². The molecule has 2 N–H and O–H groups in total. The van der Waals surface area contributed by atoms with Crippen LogP contribution in [0.2, 0.25) is 0 Å². The van der Waals surface area contributed by atoms with Crippen molar-refractivity contribution in [2.45, 2.75) is 13.5 Å². The van der Waals surface area contributed by atoms with Crippen LogP contribution in [-0.4, -0.2) is 62.5 Å². The highest BCUT2D eigenvalue weighted by molar-refractivity contribution is 5.74. The van der Waals surface area contributed by atoms with Gasteiger partial charge >= 0.3 is 0 Å². The van der Waals surface area contributed by atoms with Crippen LogP contribution in [0.1, 0.15) is 5.69 Å². The number of phenols is 1. The number of anilines is 2. The van der Waals surface area contributed by atoms with Crippen LogP contribution in [-0.2, 0) is 6.54 Å². The Balaban J connectivity index is 1.53. The maximum atomic E-state index is 9.44. The van der Waals surface area contributed by atoms with Gasteiger partial charge in [0.2, 0.25) is 5.95 Å². The maximum Gasteiger partial charge on any atom is 0.227 e. The van der Waals surface area contributed by atoms with Crippen molar-refractivity contribution in [2.75, 3.05) is 42.6 Å². The highest BCUT2D eigenvalue weighted by Gasteiger charge is 2.21. The van der Waals surface area contributed by atoms with Crippen molar-refractivity contribution in [3.8, 4) is 5.75 Å². The van der Waals surface area contributed by atoms with E-state index in [0.29, 0.717) is 12.5 Å². The van der Waals surface area contributed by atoms with E-state index in [1.807, 2.05) is 23.6 Å². The van der Waals surface area contributed by atoms with Gasteiger partial charge in [-0.15, -0.1) is 0 Å². The third-order valence-corrected chi connectivity index (χ3v) is 4.74. The van der Waals surface area contributed by atoms with Gasteiger partial charge in [0.05, 0.1) is 18.6 Å². The van der Waals surface area contributed by atoms with Crippen LogP contribution in [0.5, 0.6) is 5.75 Å². The number of aliphatic hydroxyl groups is 1. The molecule has 0 unspecified atom stereocenters. The molecule has 1 saturated heterocycles. The second-order valence-electron chi connectivity index (χ2n) is 6.43. The molecule has 0 radical (unpaired) electrons. The average molecular weight is 354 g/mol. The Bertz CT molecular complexity index is 900. The zero-order valence-electron chi connectivity index (χ0n) is 14.7. The van der Waals surface area contributed by atoms with E-state index in [-0.39, 0.29) is 12.4 Å². The smallest absolute Gasteiger partial charge is 0.227 e. The summed E-state index contributed by atoms with van der Waals surface area (Å²) in [7, 11) is 0. The molecule has 1 aliphatic rings. The van der Waals surface area contributed by atoms with Crippen molar-refractivity contribution in [1.82, 2.24) is 19.5 Å². The third-order valence-electron chi connectivity index (χ3n) is 4.74. The van der Waals surface area contributed by atoms with Crippen molar-refractivity contribution >= 4 is 22.8 Å². The summed E-state index contributed by atoms with van der Waals surface area (Å²) in [4.78, 5) is 18.2. The first-order chi connectivity index (χ1) is 12.7. The molecule has 1 fully saturated rings. The Morgan fingerprint density at radius 1 is 1.00 bits per heavy atom. The molecule has 26 heavy (non-hydrogen) atoms. The molecule has 4 rings (SSSR count). The number of aryl methyl sites for hydroxylation is 1. The lowest BCUT2D eigenvalue weighted by atomic mass is 10.2. The van der Waals surface area contributed by atoms with Crippen LogP contribution in [0, 0.1) is 6.92 Å². The van der Waals surface area contributed by atoms with Crippen LogP contribution >= 0.6 is 0 Å². The number of nitrogens with zero attached hydrogens (tertiary/aromatic N) is 6. The summed E-state index contributed by atoms with van der Waals surface area (Å²) < 4.78 is 1.86. The minimum Gasteiger partial charge on any atom is -0.508 e. The molecule has 1 aliphatic heterocycles. The molecule has 1 aromatic carbocycles. The molecular weight excluding hydrogens is 332 g/mol. The van der Waals surface area contributed by atoms with E-state index in [0.717, 1.165) is 48.7 Å². The number of rotatable bonds is 4. The lowest BCUT2D eigenvalue weighted by Gasteiger charge is -2.36. The summed E-state index contributed by atoms with van der Waals surface area (Å²) in [5.41, 5.74) is 3.51. The van der Waals surface area contributed by atoms with Crippen LogP contribution < -0.4 is 9.80 Å². The molecular formula is C18H22N6O2. The van der Waals surface area contributed by atoms with E-state index in [2.05, 4.69) is 19.8 Å². The van der Waals surface area contributed by atoms with Crippen LogP contribution in [0.3, 0.4) is 0 Å². The molecule has 0 atom stereocenters. The molecule has 0 aliphatic carbocycles. The number of hydrogen-bond acceptors (Lipinski definition) is 7. The van der Waals surface area contributed by atoms with Gasteiger partial charge in [-0.1, -0.05) is 0 Å². The minimum absolute atomic E-state index is 0.0507. The summed E-state index contributed by atoms with van der Waals surface area (Å²) in [5.74, 6) is 0.990. The highest BCUT2D eigenvalue weighted by Crippen LogP contribution is 2.23. The fourth-order valence-corrected chi connectivity index (χ4v) is 3.31. The fraction of sp³-hybridized carbons (Fsp3) is 0.389. The quantitative estimate of drug-likeness (QED) is 0.726. The molecule has 3 aromatic rings. The monoisotopic (exact) mass is 354 g/mol. The van der Waals surface area contributed by atoms with E-state index in [4.69, 9.17) is 4.98 Å². The number of aromatic hydroxyl groups is 1. The van der Waals surface area contributed by atoms with Crippen molar-refractivity contribution in [3.63, 3.8) is 0 Å². The number of piperazine rings is 1. The molecule has 0 bridgehead atoms. The largest absolute Gasteiger partial charge is 0.508 e. The van der Waals surface area contributed by atoms with Gasteiger partial charge in [0, 0.05) is 38.4 Å². The Labute approximate surface area is 151 Å². The second kappa shape index (κ2) is 6.80. The predicted molar refractivity (Wildman–Crippen MR) is 99.7 cm³/mol. The number of fused-ring (bicyclic) bond motifs is 1. The fourth-order valence-electron chi connectivity index (χ4n) is 3.31. The molecule has 3 heterocycles. The zero-order valence-corrected chi connectivity index (χ0v) is 14.7. The Morgan fingerprint density at radius 2 is 1.69 bits per heavy atom. The minimum atomic E-state index is 0.0507. The van der Waals surface area contributed by atoms with Crippen molar-refractivity contribution < 1.29 is 10.2 Å². The number of aromatic nitrogens is 4. The standard InChI is InChI=1S/C18H22N6O2/c1-13-16-17(24(10-11-25)12-19-16)21-18(20-13)23-8-6-22(7-9-23)14-2-4-15(26)5-3-14/h2-5,12,25-26H,6-11H2,1H3. The predicted octanol–water partition coefficient (Wildman–Crippen LogP) is 1.16. The van der Waals surface area contributed by atoms with Crippen LogP contribution in [0.25, 0.3) is 11.2 Å².